The second-order valence-electron chi connectivity index (χ2n) is 4.91. The van der Waals surface area contributed by atoms with Crippen LogP contribution in [0.4, 0.5) is 5.69 Å². The molecule has 2 aromatic rings. The zero-order chi connectivity index (χ0) is 17.0. The summed E-state index contributed by atoms with van der Waals surface area (Å²) < 4.78 is 38.0. The normalized spacial score (nSPS) is 12.7. The first-order valence-electron chi connectivity index (χ1n) is 6.85. The van der Waals surface area contributed by atoms with Gasteiger partial charge in [-0.3, -0.25) is 4.79 Å². The molecule has 23 heavy (non-hydrogen) atoms. The zero-order valence-corrected chi connectivity index (χ0v) is 13.8. The van der Waals surface area contributed by atoms with Gasteiger partial charge in [-0.15, -0.1) is 0 Å². The first kappa shape index (κ1) is 17.0. The van der Waals surface area contributed by atoms with Crippen molar-refractivity contribution in [3.63, 3.8) is 0 Å². The van der Waals surface area contributed by atoms with Crippen molar-refractivity contribution in [3.8, 4) is 5.75 Å². The summed E-state index contributed by atoms with van der Waals surface area (Å²) in [6.45, 7) is 3.01. The lowest BCUT2D eigenvalue weighted by molar-refractivity contribution is -0.114. The number of benzene rings is 1. The lowest BCUT2D eigenvalue weighted by atomic mass is 10.3. The molecular weight excluding hydrogens is 320 g/mol. The number of hydrogen-bond donors (Lipinski definition) is 2. The molecule has 1 heterocycles. The number of hydrogen-bond acceptors (Lipinski definition) is 5. The molecule has 2 N–H and O–H groups in total. The zero-order valence-electron chi connectivity index (χ0n) is 13.0. The quantitative estimate of drug-likeness (QED) is 0.842. The van der Waals surface area contributed by atoms with E-state index in [1.54, 1.807) is 25.1 Å². The van der Waals surface area contributed by atoms with E-state index < -0.39 is 16.1 Å². The maximum atomic E-state index is 12.6. The van der Waals surface area contributed by atoms with Crippen molar-refractivity contribution in [2.24, 2.45) is 0 Å². The molecule has 1 unspecified atom stereocenters. The molecule has 1 atom stereocenters. The summed E-state index contributed by atoms with van der Waals surface area (Å²) in [7, 11) is -2.50. The van der Waals surface area contributed by atoms with Crippen LogP contribution in [0.1, 0.15) is 25.6 Å². The Balaban J connectivity index is 2.35. The van der Waals surface area contributed by atoms with E-state index in [2.05, 4.69) is 10.0 Å². The highest BCUT2D eigenvalue weighted by Crippen LogP contribution is 2.28. The highest BCUT2D eigenvalue weighted by atomic mass is 32.2. The number of carbonyl (C=O) groups excluding carboxylic acids is 1. The van der Waals surface area contributed by atoms with E-state index in [1.807, 2.05) is 0 Å². The van der Waals surface area contributed by atoms with Crippen LogP contribution >= 0.6 is 0 Å². The Morgan fingerprint density at radius 1 is 1.30 bits per heavy atom. The Bertz CT molecular complexity index is 784. The third kappa shape index (κ3) is 4.11. The summed E-state index contributed by atoms with van der Waals surface area (Å²) in [6.07, 6.45) is 1.47. The summed E-state index contributed by atoms with van der Waals surface area (Å²) in [5, 5.41) is 2.54. The third-order valence-electron chi connectivity index (χ3n) is 3.08. The smallest absolute Gasteiger partial charge is 0.244 e. The largest absolute Gasteiger partial charge is 0.495 e. The van der Waals surface area contributed by atoms with E-state index in [0.29, 0.717) is 11.4 Å². The van der Waals surface area contributed by atoms with Crippen molar-refractivity contribution in [1.29, 1.82) is 0 Å². The van der Waals surface area contributed by atoms with Crippen molar-refractivity contribution in [3.05, 3.63) is 42.4 Å². The first-order chi connectivity index (χ1) is 10.8. The Hall–Kier alpha value is -2.32. The molecule has 1 amide bonds. The van der Waals surface area contributed by atoms with E-state index in [9.17, 15) is 13.2 Å². The van der Waals surface area contributed by atoms with Crippen LogP contribution in [0.5, 0.6) is 5.75 Å². The molecule has 0 spiro atoms. The average Bonchev–Trinajstić information content (AvgIpc) is 3.00. The minimum Gasteiger partial charge on any atom is -0.495 e. The molecule has 0 saturated heterocycles. The fourth-order valence-electron chi connectivity index (χ4n) is 2.06. The minimum absolute atomic E-state index is 0.0651. The molecule has 8 heteroatoms. The lowest BCUT2D eigenvalue weighted by Crippen LogP contribution is -2.27. The summed E-state index contributed by atoms with van der Waals surface area (Å²) in [5.41, 5.74) is 0.365. The molecular formula is C15H18N2O5S. The molecule has 124 valence electrons. The molecule has 0 fully saturated rings. The lowest BCUT2D eigenvalue weighted by Gasteiger charge is -2.15. The van der Waals surface area contributed by atoms with Crippen LogP contribution in [0.3, 0.4) is 0 Å². The van der Waals surface area contributed by atoms with Crippen LogP contribution in [0.25, 0.3) is 0 Å². The molecule has 1 aromatic carbocycles. The van der Waals surface area contributed by atoms with E-state index >= 15 is 0 Å². The van der Waals surface area contributed by atoms with Crippen LogP contribution < -0.4 is 14.8 Å². The maximum absolute atomic E-state index is 12.6. The molecule has 1 aromatic heterocycles. The van der Waals surface area contributed by atoms with Crippen LogP contribution in [0.15, 0.2) is 45.9 Å². The molecule has 0 aliphatic carbocycles. The standard InChI is InChI=1S/C15H18N2O5S/c1-10(13-5-4-8-22-13)17-23(19,20)15-9-12(16-11(2)18)6-7-14(15)21-3/h4-10,17H,1-3H3,(H,16,18). The van der Waals surface area contributed by atoms with E-state index in [-0.39, 0.29) is 16.6 Å². The van der Waals surface area contributed by atoms with Gasteiger partial charge in [0.1, 0.15) is 16.4 Å². The number of sulfonamides is 1. The second-order valence-corrected chi connectivity index (χ2v) is 6.59. The fraction of sp³-hybridized carbons (Fsp3) is 0.267. The molecule has 0 aliphatic heterocycles. The second kappa shape index (κ2) is 6.84. The average molecular weight is 338 g/mol. The van der Waals surface area contributed by atoms with Gasteiger partial charge in [-0.25, -0.2) is 13.1 Å². The van der Waals surface area contributed by atoms with Gasteiger partial charge in [-0.05, 0) is 37.3 Å². The number of amides is 1. The number of methoxy groups -OCH3 is 1. The summed E-state index contributed by atoms with van der Waals surface area (Å²) in [4.78, 5) is 11.1. The van der Waals surface area contributed by atoms with Gasteiger partial charge in [0.15, 0.2) is 0 Å². The summed E-state index contributed by atoms with van der Waals surface area (Å²) >= 11 is 0. The Kier molecular flexibility index (Phi) is 5.07. The van der Waals surface area contributed by atoms with Gasteiger partial charge in [-0.1, -0.05) is 0 Å². The van der Waals surface area contributed by atoms with Gasteiger partial charge in [0.2, 0.25) is 15.9 Å². The van der Waals surface area contributed by atoms with Gasteiger partial charge in [-0.2, -0.15) is 0 Å². The van der Waals surface area contributed by atoms with Crippen LogP contribution in [-0.2, 0) is 14.8 Å². The highest BCUT2D eigenvalue weighted by Gasteiger charge is 2.24. The van der Waals surface area contributed by atoms with E-state index in [0.717, 1.165) is 0 Å². The fourth-order valence-corrected chi connectivity index (χ4v) is 3.47. The molecule has 0 bridgehead atoms. The highest BCUT2D eigenvalue weighted by molar-refractivity contribution is 7.89. The topological polar surface area (TPSA) is 97.6 Å². The first-order valence-corrected chi connectivity index (χ1v) is 8.33. The van der Waals surface area contributed by atoms with Crippen LogP contribution in [-0.4, -0.2) is 21.4 Å². The Morgan fingerprint density at radius 2 is 2.04 bits per heavy atom. The van der Waals surface area contributed by atoms with Gasteiger partial charge in [0, 0.05) is 12.6 Å². The van der Waals surface area contributed by atoms with Crippen molar-refractivity contribution in [1.82, 2.24) is 4.72 Å². The van der Waals surface area contributed by atoms with Gasteiger partial charge >= 0.3 is 0 Å². The predicted molar refractivity (Wildman–Crippen MR) is 84.7 cm³/mol. The summed E-state index contributed by atoms with van der Waals surface area (Å²) in [6, 6.07) is 7.20. The van der Waals surface area contributed by atoms with E-state index in [4.69, 9.17) is 9.15 Å². The SMILES string of the molecule is COc1ccc(NC(C)=O)cc1S(=O)(=O)NC(C)c1ccco1. The van der Waals surface area contributed by atoms with Gasteiger partial charge in [0.25, 0.3) is 0 Å². The van der Waals surface area contributed by atoms with Crippen LogP contribution in [0, 0.1) is 0 Å². The molecule has 7 nitrogen and oxygen atoms in total. The van der Waals surface area contributed by atoms with Crippen molar-refractivity contribution in [2.75, 3.05) is 12.4 Å². The molecule has 0 aliphatic rings. The maximum Gasteiger partial charge on any atom is 0.244 e. The molecule has 0 radical (unpaired) electrons. The molecule has 2 rings (SSSR count). The third-order valence-corrected chi connectivity index (χ3v) is 4.64. The van der Waals surface area contributed by atoms with Gasteiger partial charge in [0.05, 0.1) is 19.4 Å². The van der Waals surface area contributed by atoms with Crippen molar-refractivity contribution >= 4 is 21.6 Å². The minimum atomic E-state index is -3.87. The number of ether oxygens (including phenoxy) is 1. The van der Waals surface area contributed by atoms with E-state index in [1.165, 1.54) is 32.4 Å². The Labute approximate surface area is 134 Å². The number of furan rings is 1. The van der Waals surface area contributed by atoms with Crippen molar-refractivity contribution in [2.45, 2.75) is 24.8 Å². The van der Waals surface area contributed by atoms with Gasteiger partial charge < -0.3 is 14.5 Å². The molecule has 0 saturated carbocycles. The van der Waals surface area contributed by atoms with Crippen LogP contribution in [0.2, 0.25) is 0 Å². The predicted octanol–water partition coefficient (Wildman–Crippen LogP) is 2.29. The summed E-state index contributed by atoms with van der Waals surface area (Å²) in [5.74, 6) is 0.374. The number of rotatable bonds is 6. The number of carbonyl (C=O) groups is 1. The number of nitrogens with one attached hydrogen (secondary N) is 2. The monoisotopic (exact) mass is 338 g/mol. The van der Waals surface area contributed by atoms with Crippen molar-refractivity contribution < 1.29 is 22.4 Å². The number of anilines is 1. The Morgan fingerprint density at radius 3 is 2.61 bits per heavy atom.